The first-order valence-electron chi connectivity index (χ1n) is 12.8. The maximum atomic E-state index is 13.7. The number of fused-ring (bicyclic) bond motifs is 1. The van der Waals surface area contributed by atoms with E-state index in [1.165, 1.54) is 12.1 Å². The number of halogens is 3. The molecule has 3 aromatic carbocycles. The molecule has 0 spiro atoms. The average Bonchev–Trinajstić information content (AvgIpc) is 3.26. The molecule has 1 aliphatic rings. The Labute approximate surface area is 232 Å². The summed E-state index contributed by atoms with van der Waals surface area (Å²) in [6, 6.07) is 21.3. The summed E-state index contributed by atoms with van der Waals surface area (Å²) in [7, 11) is 0. The van der Waals surface area contributed by atoms with Crippen LogP contribution in [0.1, 0.15) is 71.5 Å². The predicted molar refractivity (Wildman–Crippen MR) is 152 cm³/mol. The molecule has 0 radical (unpaired) electrons. The average molecular weight is 548 g/mol. The largest absolute Gasteiger partial charge is 0.344 e. The molecule has 4 nitrogen and oxygen atoms in total. The van der Waals surface area contributed by atoms with Gasteiger partial charge in [0.25, 0.3) is 5.91 Å². The van der Waals surface area contributed by atoms with Gasteiger partial charge in [-0.2, -0.15) is 5.10 Å². The van der Waals surface area contributed by atoms with Crippen molar-refractivity contribution >= 4 is 40.8 Å². The Kier molecular flexibility index (Phi) is 7.96. The fourth-order valence-electron chi connectivity index (χ4n) is 4.93. The highest BCUT2D eigenvalue weighted by Gasteiger charge is 2.28. The first-order valence-corrected chi connectivity index (χ1v) is 13.6. The van der Waals surface area contributed by atoms with Crippen LogP contribution in [0.25, 0.3) is 17.3 Å². The summed E-state index contributed by atoms with van der Waals surface area (Å²) in [6.45, 7) is 1.96. The van der Waals surface area contributed by atoms with Crippen LogP contribution in [0.4, 0.5) is 4.39 Å². The van der Waals surface area contributed by atoms with Crippen LogP contribution in [0.2, 0.25) is 10.0 Å². The van der Waals surface area contributed by atoms with Crippen LogP contribution in [-0.4, -0.2) is 15.7 Å². The summed E-state index contributed by atoms with van der Waals surface area (Å²) < 4.78 is 15.4. The first kappa shape index (κ1) is 26.2. The van der Waals surface area contributed by atoms with Crippen molar-refractivity contribution in [2.75, 3.05) is 0 Å². The molecule has 1 aromatic heterocycles. The van der Waals surface area contributed by atoms with Gasteiger partial charge in [0.05, 0.1) is 22.4 Å². The van der Waals surface area contributed by atoms with E-state index in [-0.39, 0.29) is 17.8 Å². The van der Waals surface area contributed by atoms with Gasteiger partial charge in [-0.1, -0.05) is 72.1 Å². The van der Waals surface area contributed by atoms with Crippen LogP contribution in [0.15, 0.2) is 72.8 Å². The molecule has 0 saturated carbocycles. The standard InChI is InChI=1S/C31H28Cl2FN3O/c1-20(22-8-4-2-5-9-22)35-31(38)29-26-11-7-3-6-10-23(18-21-12-15-25(34)16-13-21)30(26)37(36-29)28-17-14-24(32)19-27(28)33/h2,4-5,8-9,12-20H,3,6-7,10-11H2,1H3,(H,35,38)/t20-/m0/s1. The van der Waals surface area contributed by atoms with E-state index in [2.05, 4.69) is 11.4 Å². The Morgan fingerprint density at radius 3 is 2.47 bits per heavy atom. The minimum absolute atomic E-state index is 0.189. The smallest absolute Gasteiger partial charge is 0.272 e. The molecular formula is C31H28Cl2FN3O. The normalized spacial score (nSPS) is 15.4. The van der Waals surface area contributed by atoms with Gasteiger partial charge in [0, 0.05) is 10.6 Å². The number of nitrogens with one attached hydrogen (secondary N) is 1. The molecule has 0 unspecified atom stereocenters. The molecule has 194 valence electrons. The molecule has 0 saturated heterocycles. The quantitative estimate of drug-likeness (QED) is 0.272. The number of aromatic nitrogens is 2. The van der Waals surface area contributed by atoms with Crippen molar-refractivity contribution in [2.45, 2.75) is 45.1 Å². The lowest BCUT2D eigenvalue weighted by Gasteiger charge is -2.18. The maximum absolute atomic E-state index is 13.7. The molecule has 1 N–H and O–H groups in total. The molecule has 38 heavy (non-hydrogen) atoms. The fourth-order valence-corrected chi connectivity index (χ4v) is 5.42. The SMILES string of the molecule is C[C@H](NC(=O)c1nn(-c2ccc(Cl)cc2Cl)c2c1CCCCCC2=Cc1ccc(F)cc1)c1ccccc1. The Hall–Kier alpha value is -3.41. The third-order valence-electron chi connectivity index (χ3n) is 6.87. The van der Waals surface area contributed by atoms with Crippen LogP contribution < -0.4 is 5.32 Å². The van der Waals surface area contributed by atoms with Gasteiger partial charge in [0.15, 0.2) is 5.69 Å². The number of rotatable bonds is 5. The van der Waals surface area contributed by atoms with Crippen LogP contribution >= 0.6 is 23.2 Å². The van der Waals surface area contributed by atoms with Crippen LogP contribution in [0.3, 0.4) is 0 Å². The van der Waals surface area contributed by atoms with E-state index in [0.717, 1.165) is 53.6 Å². The summed E-state index contributed by atoms with van der Waals surface area (Å²) >= 11 is 12.8. The molecule has 1 atom stereocenters. The molecular weight excluding hydrogens is 520 g/mol. The molecule has 0 bridgehead atoms. The summed E-state index contributed by atoms with van der Waals surface area (Å²) in [5.41, 5.74) is 5.71. The highest BCUT2D eigenvalue weighted by Crippen LogP contribution is 2.36. The number of nitrogens with zero attached hydrogens (tertiary/aromatic N) is 2. The van der Waals surface area contributed by atoms with Crippen molar-refractivity contribution in [1.29, 1.82) is 0 Å². The van der Waals surface area contributed by atoms with Crippen LogP contribution in [-0.2, 0) is 6.42 Å². The topological polar surface area (TPSA) is 46.9 Å². The lowest BCUT2D eigenvalue weighted by molar-refractivity contribution is 0.0933. The van der Waals surface area contributed by atoms with Crippen molar-refractivity contribution in [3.63, 3.8) is 0 Å². The molecule has 1 amide bonds. The number of carbonyl (C=O) groups excluding carboxylic acids is 1. The second kappa shape index (κ2) is 11.5. The van der Waals surface area contributed by atoms with Gasteiger partial charge < -0.3 is 5.32 Å². The van der Waals surface area contributed by atoms with Crippen LogP contribution in [0, 0.1) is 5.82 Å². The van der Waals surface area contributed by atoms with E-state index in [4.69, 9.17) is 28.3 Å². The van der Waals surface area contributed by atoms with Gasteiger partial charge >= 0.3 is 0 Å². The maximum Gasteiger partial charge on any atom is 0.272 e. The van der Waals surface area contributed by atoms with Gasteiger partial charge in [0.1, 0.15) is 5.82 Å². The van der Waals surface area contributed by atoms with Gasteiger partial charge in [-0.25, -0.2) is 9.07 Å². The van der Waals surface area contributed by atoms with E-state index in [9.17, 15) is 9.18 Å². The number of benzene rings is 3. The lowest BCUT2D eigenvalue weighted by atomic mass is 9.91. The van der Waals surface area contributed by atoms with E-state index in [1.54, 1.807) is 28.9 Å². The molecule has 1 heterocycles. The number of hydrogen-bond acceptors (Lipinski definition) is 2. The molecule has 1 aliphatic carbocycles. The van der Waals surface area contributed by atoms with Crippen LogP contribution in [0.5, 0.6) is 0 Å². The Morgan fingerprint density at radius 2 is 1.74 bits per heavy atom. The van der Waals surface area contributed by atoms with Gasteiger partial charge in [0.2, 0.25) is 0 Å². The Bertz CT molecular complexity index is 1480. The van der Waals surface area contributed by atoms with E-state index >= 15 is 0 Å². The molecule has 0 aliphatic heterocycles. The summed E-state index contributed by atoms with van der Waals surface area (Å²) in [4.78, 5) is 13.7. The number of hydrogen-bond donors (Lipinski definition) is 1. The van der Waals surface area contributed by atoms with Crippen molar-refractivity contribution in [2.24, 2.45) is 0 Å². The highest BCUT2D eigenvalue weighted by molar-refractivity contribution is 6.35. The van der Waals surface area contributed by atoms with E-state index in [0.29, 0.717) is 27.8 Å². The van der Waals surface area contributed by atoms with Crippen molar-refractivity contribution < 1.29 is 9.18 Å². The zero-order valence-corrected chi connectivity index (χ0v) is 22.6. The van der Waals surface area contributed by atoms with Gasteiger partial charge in [-0.3, -0.25) is 4.79 Å². The van der Waals surface area contributed by atoms with Crippen molar-refractivity contribution in [3.05, 3.63) is 117 Å². The zero-order valence-electron chi connectivity index (χ0n) is 21.1. The molecule has 4 aromatic rings. The second-order valence-electron chi connectivity index (χ2n) is 9.57. The highest BCUT2D eigenvalue weighted by atomic mass is 35.5. The second-order valence-corrected chi connectivity index (χ2v) is 10.4. The van der Waals surface area contributed by atoms with E-state index in [1.807, 2.05) is 43.3 Å². The molecule has 7 heteroatoms. The summed E-state index contributed by atoms with van der Waals surface area (Å²) in [5, 5.41) is 8.95. The van der Waals surface area contributed by atoms with Crippen molar-refractivity contribution in [3.8, 4) is 5.69 Å². The zero-order chi connectivity index (χ0) is 26.6. The third kappa shape index (κ3) is 5.69. The first-order chi connectivity index (χ1) is 18.4. The Balaban J connectivity index is 1.66. The fraction of sp³-hybridized carbons (Fsp3) is 0.226. The van der Waals surface area contributed by atoms with Gasteiger partial charge in [-0.15, -0.1) is 0 Å². The Morgan fingerprint density at radius 1 is 1.00 bits per heavy atom. The lowest BCUT2D eigenvalue weighted by Crippen LogP contribution is -2.28. The minimum atomic E-state index is -0.282. The molecule has 0 fully saturated rings. The number of amides is 1. The third-order valence-corrected chi connectivity index (χ3v) is 7.41. The van der Waals surface area contributed by atoms with Gasteiger partial charge in [-0.05, 0) is 85.7 Å². The van der Waals surface area contributed by atoms with E-state index < -0.39 is 0 Å². The predicted octanol–water partition coefficient (Wildman–Crippen LogP) is 8.47. The minimum Gasteiger partial charge on any atom is -0.344 e. The number of allylic oxidation sites excluding steroid dienone is 1. The summed E-state index contributed by atoms with van der Waals surface area (Å²) in [6.07, 6.45) is 6.55. The summed E-state index contributed by atoms with van der Waals surface area (Å²) in [5.74, 6) is -0.516. The monoisotopic (exact) mass is 547 g/mol. The van der Waals surface area contributed by atoms with Crippen molar-refractivity contribution in [1.82, 2.24) is 15.1 Å². The molecule has 5 rings (SSSR count). The number of carbonyl (C=O) groups is 1.